The Labute approximate surface area is 140 Å². The molecule has 1 atom stereocenters. The third kappa shape index (κ3) is 5.49. The van der Waals surface area contributed by atoms with Crippen molar-refractivity contribution in [3.05, 3.63) is 29.3 Å². The maximum atomic E-state index is 12.1. The number of anilines is 1. The molecule has 0 radical (unpaired) electrons. The summed E-state index contributed by atoms with van der Waals surface area (Å²) in [6.07, 6.45) is 1.26. The second kappa shape index (κ2) is 7.29. The second-order valence-electron chi connectivity index (χ2n) is 5.37. The Balaban J connectivity index is 1.86. The van der Waals surface area contributed by atoms with Gasteiger partial charge in [-0.05, 0) is 18.2 Å². The van der Waals surface area contributed by atoms with E-state index in [1.807, 2.05) is 0 Å². The number of carbonyl (C=O) groups is 2. The first-order valence-electron chi connectivity index (χ1n) is 7.04. The van der Waals surface area contributed by atoms with Crippen LogP contribution in [0.3, 0.4) is 0 Å². The number of amides is 2. The van der Waals surface area contributed by atoms with Crippen molar-refractivity contribution in [3.63, 3.8) is 0 Å². The molecule has 9 heteroatoms. The number of sulfonamides is 1. The van der Waals surface area contributed by atoms with Crippen LogP contribution in [0.5, 0.6) is 0 Å². The van der Waals surface area contributed by atoms with E-state index in [0.29, 0.717) is 17.3 Å². The van der Waals surface area contributed by atoms with Crippen molar-refractivity contribution in [2.75, 3.05) is 24.2 Å². The van der Waals surface area contributed by atoms with Gasteiger partial charge in [0.2, 0.25) is 21.8 Å². The summed E-state index contributed by atoms with van der Waals surface area (Å²) in [5.74, 6) is -0.390. The van der Waals surface area contributed by atoms with Crippen LogP contribution in [0.2, 0.25) is 5.02 Å². The molecule has 2 amide bonds. The standard InChI is InChI=1S/C14H18ClN3O4S/c1-23(21,22)16-6-5-13(19)17-11-8-14(20)18(9-11)12-4-2-3-10(15)7-12/h2-4,7,11,16H,5-6,8-9H2,1H3,(H,17,19)/t11-/m0/s1. The summed E-state index contributed by atoms with van der Waals surface area (Å²) >= 11 is 5.92. The molecule has 0 saturated carbocycles. The van der Waals surface area contributed by atoms with Gasteiger partial charge >= 0.3 is 0 Å². The van der Waals surface area contributed by atoms with Crippen molar-refractivity contribution in [3.8, 4) is 0 Å². The summed E-state index contributed by atoms with van der Waals surface area (Å²) in [4.78, 5) is 25.4. The van der Waals surface area contributed by atoms with Gasteiger partial charge < -0.3 is 10.2 Å². The fraction of sp³-hybridized carbons (Fsp3) is 0.429. The van der Waals surface area contributed by atoms with Crippen LogP contribution in [-0.4, -0.2) is 45.6 Å². The number of benzene rings is 1. The molecule has 7 nitrogen and oxygen atoms in total. The van der Waals surface area contributed by atoms with E-state index in [0.717, 1.165) is 6.26 Å². The lowest BCUT2D eigenvalue weighted by atomic mass is 10.2. The number of halogens is 1. The van der Waals surface area contributed by atoms with Gasteiger partial charge in [0.05, 0.1) is 12.3 Å². The molecule has 126 valence electrons. The third-order valence-electron chi connectivity index (χ3n) is 3.33. The molecule has 1 aromatic rings. The molecule has 1 saturated heterocycles. The van der Waals surface area contributed by atoms with Gasteiger partial charge in [0, 0.05) is 36.6 Å². The second-order valence-corrected chi connectivity index (χ2v) is 7.64. The van der Waals surface area contributed by atoms with Gasteiger partial charge in [0.15, 0.2) is 0 Å². The van der Waals surface area contributed by atoms with Crippen molar-refractivity contribution >= 4 is 39.1 Å². The fourth-order valence-corrected chi connectivity index (χ4v) is 3.01. The molecule has 1 aliphatic rings. The predicted octanol–water partition coefficient (Wildman–Crippen LogP) is 0.501. The highest BCUT2D eigenvalue weighted by atomic mass is 35.5. The van der Waals surface area contributed by atoms with Gasteiger partial charge in [-0.25, -0.2) is 13.1 Å². The Morgan fingerprint density at radius 1 is 1.43 bits per heavy atom. The van der Waals surface area contributed by atoms with E-state index in [2.05, 4.69) is 10.0 Å². The maximum Gasteiger partial charge on any atom is 0.229 e. The summed E-state index contributed by atoms with van der Waals surface area (Å²) in [7, 11) is -3.31. The minimum atomic E-state index is -3.31. The zero-order chi connectivity index (χ0) is 17.0. The number of nitrogens with one attached hydrogen (secondary N) is 2. The molecule has 2 rings (SSSR count). The lowest BCUT2D eigenvalue weighted by Gasteiger charge is -2.17. The highest BCUT2D eigenvalue weighted by Gasteiger charge is 2.31. The van der Waals surface area contributed by atoms with E-state index in [1.165, 1.54) is 0 Å². The minimum absolute atomic E-state index is 0.0227. The summed E-state index contributed by atoms with van der Waals surface area (Å²) in [6.45, 7) is 0.397. The summed E-state index contributed by atoms with van der Waals surface area (Å²) in [6, 6.07) is 6.66. The highest BCUT2D eigenvalue weighted by molar-refractivity contribution is 7.88. The highest BCUT2D eigenvalue weighted by Crippen LogP contribution is 2.24. The lowest BCUT2D eigenvalue weighted by Crippen LogP contribution is -2.38. The Hall–Kier alpha value is -1.64. The van der Waals surface area contributed by atoms with Crippen LogP contribution >= 0.6 is 11.6 Å². The quantitative estimate of drug-likeness (QED) is 0.773. The van der Waals surface area contributed by atoms with E-state index in [9.17, 15) is 18.0 Å². The molecular weight excluding hydrogens is 342 g/mol. The van der Waals surface area contributed by atoms with Crippen LogP contribution < -0.4 is 14.9 Å². The van der Waals surface area contributed by atoms with Crippen molar-refractivity contribution < 1.29 is 18.0 Å². The zero-order valence-electron chi connectivity index (χ0n) is 12.6. The third-order valence-corrected chi connectivity index (χ3v) is 4.29. The molecule has 0 bridgehead atoms. The molecule has 2 N–H and O–H groups in total. The van der Waals surface area contributed by atoms with Gasteiger partial charge in [-0.3, -0.25) is 9.59 Å². The van der Waals surface area contributed by atoms with Gasteiger partial charge in [0.25, 0.3) is 0 Å². The van der Waals surface area contributed by atoms with Gasteiger partial charge in [-0.1, -0.05) is 17.7 Å². The number of hydrogen-bond acceptors (Lipinski definition) is 4. The summed E-state index contributed by atoms with van der Waals surface area (Å²) in [5, 5.41) is 3.28. The van der Waals surface area contributed by atoms with E-state index in [4.69, 9.17) is 11.6 Å². The largest absolute Gasteiger partial charge is 0.351 e. The van der Waals surface area contributed by atoms with E-state index in [1.54, 1.807) is 29.2 Å². The van der Waals surface area contributed by atoms with Crippen LogP contribution in [0.1, 0.15) is 12.8 Å². The molecule has 23 heavy (non-hydrogen) atoms. The molecule has 0 spiro atoms. The van der Waals surface area contributed by atoms with E-state index in [-0.39, 0.29) is 37.2 Å². The first kappa shape index (κ1) is 17.7. The summed E-state index contributed by atoms with van der Waals surface area (Å²) in [5.41, 5.74) is 0.693. The normalized spacial score (nSPS) is 18.3. The average Bonchev–Trinajstić information content (AvgIpc) is 2.78. The van der Waals surface area contributed by atoms with E-state index < -0.39 is 10.0 Å². The molecule has 1 aliphatic heterocycles. The predicted molar refractivity (Wildman–Crippen MR) is 87.8 cm³/mol. The Bertz CT molecular complexity index is 708. The molecule has 0 aliphatic carbocycles. The Morgan fingerprint density at radius 3 is 2.83 bits per heavy atom. The van der Waals surface area contributed by atoms with Crippen LogP contribution in [-0.2, 0) is 19.6 Å². The number of carbonyl (C=O) groups excluding carboxylic acids is 2. The first-order chi connectivity index (χ1) is 10.7. The van der Waals surface area contributed by atoms with Gasteiger partial charge in [-0.15, -0.1) is 0 Å². The van der Waals surface area contributed by atoms with Crippen LogP contribution in [0.25, 0.3) is 0 Å². The monoisotopic (exact) mass is 359 g/mol. The Kier molecular flexibility index (Phi) is 5.61. The van der Waals surface area contributed by atoms with Crippen molar-refractivity contribution in [1.29, 1.82) is 0 Å². The van der Waals surface area contributed by atoms with Gasteiger partial charge in [-0.2, -0.15) is 0 Å². The number of nitrogens with zero attached hydrogens (tertiary/aromatic N) is 1. The average molecular weight is 360 g/mol. The van der Waals surface area contributed by atoms with Crippen LogP contribution in [0.4, 0.5) is 5.69 Å². The van der Waals surface area contributed by atoms with Gasteiger partial charge in [0.1, 0.15) is 0 Å². The van der Waals surface area contributed by atoms with Crippen molar-refractivity contribution in [2.45, 2.75) is 18.9 Å². The molecular formula is C14H18ClN3O4S. The lowest BCUT2D eigenvalue weighted by molar-refractivity contribution is -0.121. The first-order valence-corrected chi connectivity index (χ1v) is 9.31. The molecule has 0 aromatic heterocycles. The Morgan fingerprint density at radius 2 is 2.17 bits per heavy atom. The van der Waals surface area contributed by atoms with Crippen LogP contribution in [0.15, 0.2) is 24.3 Å². The molecule has 1 aromatic carbocycles. The minimum Gasteiger partial charge on any atom is -0.351 e. The molecule has 0 unspecified atom stereocenters. The molecule has 1 heterocycles. The fourth-order valence-electron chi connectivity index (χ4n) is 2.35. The number of hydrogen-bond donors (Lipinski definition) is 2. The smallest absolute Gasteiger partial charge is 0.229 e. The topological polar surface area (TPSA) is 95.6 Å². The van der Waals surface area contributed by atoms with Crippen LogP contribution in [0, 0.1) is 0 Å². The maximum absolute atomic E-state index is 12.1. The zero-order valence-corrected chi connectivity index (χ0v) is 14.2. The molecule has 1 fully saturated rings. The van der Waals surface area contributed by atoms with E-state index >= 15 is 0 Å². The van der Waals surface area contributed by atoms with Crippen molar-refractivity contribution in [1.82, 2.24) is 10.0 Å². The number of rotatable bonds is 6. The van der Waals surface area contributed by atoms with Crippen molar-refractivity contribution in [2.24, 2.45) is 0 Å². The summed E-state index contributed by atoms with van der Waals surface area (Å²) < 4.78 is 24.1. The SMILES string of the molecule is CS(=O)(=O)NCCC(=O)N[C@H]1CC(=O)N(c2cccc(Cl)c2)C1.